The van der Waals surface area contributed by atoms with Gasteiger partial charge in [0.1, 0.15) is 5.82 Å². The normalized spacial score (nSPS) is 12.4. The van der Waals surface area contributed by atoms with E-state index in [0.717, 1.165) is 31.1 Å². The van der Waals surface area contributed by atoms with Crippen molar-refractivity contribution in [2.24, 2.45) is 0 Å². The van der Waals surface area contributed by atoms with Crippen molar-refractivity contribution in [2.45, 2.75) is 32.9 Å². The molecule has 0 aromatic carbocycles. The summed E-state index contributed by atoms with van der Waals surface area (Å²) in [6.45, 7) is 6.38. The second kappa shape index (κ2) is 8.38. The molecular weight excluding hydrogens is 242 g/mol. The van der Waals surface area contributed by atoms with Gasteiger partial charge in [-0.1, -0.05) is 13.0 Å². The van der Waals surface area contributed by atoms with Gasteiger partial charge in [0.2, 0.25) is 0 Å². The Hall–Kier alpha value is -0.740. The van der Waals surface area contributed by atoms with Gasteiger partial charge in [-0.3, -0.25) is 0 Å². The van der Waals surface area contributed by atoms with E-state index in [-0.39, 0.29) is 0 Å². The Kier molecular flexibility index (Phi) is 7.13. The van der Waals surface area contributed by atoms with Crippen molar-refractivity contribution in [3.05, 3.63) is 23.9 Å². The largest absolute Gasteiger partial charge is 0.356 e. The van der Waals surface area contributed by atoms with Crippen LogP contribution in [0, 0.1) is 0 Å². The van der Waals surface area contributed by atoms with E-state index in [1.165, 1.54) is 5.56 Å². The molecule has 0 amide bonds. The van der Waals surface area contributed by atoms with Gasteiger partial charge < -0.3 is 10.2 Å². The molecule has 0 saturated heterocycles. The summed E-state index contributed by atoms with van der Waals surface area (Å²) in [5.74, 6) is 2.22. The summed E-state index contributed by atoms with van der Waals surface area (Å²) in [6.07, 6.45) is 5.18. The number of thioether (sulfide) groups is 1. The highest BCUT2D eigenvalue weighted by Crippen LogP contribution is 2.19. The second-order valence-electron chi connectivity index (χ2n) is 4.58. The minimum absolute atomic E-state index is 0.500. The van der Waals surface area contributed by atoms with Gasteiger partial charge in [0.05, 0.1) is 0 Å². The molecule has 3 nitrogen and oxygen atoms in total. The van der Waals surface area contributed by atoms with Gasteiger partial charge in [-0.25, -0.2) is 4.98 Å². The number of hydrogen-bond acceptors (Lipinski definition) is 4. The minimum atomic E-state index is 0.500. The molecule has 1 unspecified atom stereocenters. The lowest BCUT2D eigenvalue weighted by molar-refractivity contribution is 0.666. The Morgan fingerprint density at radius 1 is 1.50 bits per heavy atom. The van der Waals surface area contributed by atoms with Crippen molar-refractivity contribution < 1.29 is 0 Å². The third-order valence-electron chi connectivity index (χ3n) is 3.01. The van der Waals surface area contributed by atoms with E-state index in [1.807, 2.05) is 24.0 Å². The van der Waals surface area contributed by atoms with Gasteiger partial charge in [0, 0.05) is 37.1 Å². The minimum Gasteiger partial charge on any atom is -0.356 e. The van der Waals surface area contributed by atoms with Crippen LogP contribution in [0.5, 0.6) is 0 Å². The molecule has 0 fully saturated rings. The van der Waals surface area contributed by atoms with Crippen LogP contribution in [-0.4, -0.2) is 36.6 Å². The summed E-state index contributed by atoms with van der Waals surface area (Å²) >= 11 is 1.87. The first kappa shape index (κ1) is 15.3. The maximum absolute atomic E-state index is 4.54. The SMILES string of the molecule is CCCNCc1cccnc1N(C)C(C)CSC. The molecule has 4 heteroatoms. The first-order valence-electron chi connectivity index (χ1n) is 6.57. The molecule has 1 rings (SSSR count). The molecule has 1 heterocycles. The molecule has 0 saturated carbocycles. The molecule has 1 aromatic rings. The van der Waals surface area contributed by atoms with Crippen LogP contribution in [0.2, 0.25) is 0 Å². The fourth-order valence-corrected chi connectivity index (χ4v) is 2.55. The second-order valence-corrected chi connectivity index (χ2v) is 5.49. The summed E-state index contributed by atoms with van der Waals surface area (Å²) in [6, 6.07) is 4.67. The Bertz CT molecular complexity index is 344. The van der Waals surface area contributed by atoms with E-state index < -0.39 is 0 Å². The predicted octanol–water partition coefficient (Wildman–Crippen LogP) is 2.77. The van der Waals surface area contributed by atoms with Crippen molar-refractivity contribution in [3.63, 3.8) is 0 Å². The van der Waals surface area contributed by atoms with Crippen molar-refractivity contribution in [3.8, 4) is 0 Å². The molecule has 0 spiro atoms. The molecule has 1 atom stereocenters. The van der Waals surface area contributed by atoms with Crippen molar-refractivity contribution in [2.75, 3.05) is 30.5 Å². The van der Waals surface area contributed by atoms with E-state index in [0.29, 0.717) is 6.04 Å². The number of hydrogen-bond donors (Lipinski definition) is 1. The van der Waals surface area contributed by atoms with E-state index >= 15 is 0 Å². The van der Waals surface area contributed by atoms with Crippen LogP contribution >= 0.6 is 11.8 Å². The standard InChI is InChI=1S/C14H25N3S/c1-5-8-15-10-13-7-6-9-16-14(13)17(3)12(2)11-18-4/h6-7,9,12,15H,5,8,10-11H2,1-4H3. The smallest absolute Gasteiger partial charge is 0.133 e. The van der Waals surface area contributed by atoms with Gasteiger partial charge in [0.15, 0.2) is 0 Å². The van der Waals surface area contributed by atoms with Gasteiger partial charge in [-0.05, 0) is 32.2 Å². The molecule has 1 N–H and O–H groups in total. The van der Waals surface area contributed by atoms with Gasteiger partial charge in [0.25, 0.3) is 0 Å². The third-order valence-corrected chi connectivity index (χ3v) is 3.83. The summed E-state index contributed by atoms with van der Waals surface area (Å²) < 4.78 is 0. The highest BCUT2D eigenvalue weighted by Gasteiger charge is 2.13. The molecule has 0 aliphatic carbocycles. The van der Waals surface area contributed by atoms with Crippen molar-refractivity contribution in [1.82, 2.24) is 10.3 Å². The Balaban J connectivity index is 2.73. The van der Waals surface area contributed by atoms with Crippen LogP contribution in [-0.2, 0) is 6.54 Å². The Labute approximate surface area is 115 Å². The quantitative estimate of drug-likeness (QED) is 0.733. The monoisotopic (exact) mass is 267 g/mol. The maximum Gasteiger partial charge on any atom is 0.133 e. The molecule has 0 bridgehead atoms. The van der Waals surface area contributed by atoms with Crippen LogP contribution in [0.3, 0.4) is 0 Å². The van der Waals surface area contributed by atoms with E-state index in [2.05, 4.69) is 48.4 Å². The Morgan fingerprint density at radius 3 is 2.94 bits per heavy atom. The highest BCUT2D eigenvalue weighted by atomic mass is 32.2. The van der Waals surface area contributed by atoms with E-state index in [4.69, 9.17) is 0 Å². The number of pyridine rings is 1. The average Bonchev–Trinajstić information content (AvgIpc) is 2.39. The molecule has 1 aromatic heterocycles. The average molecular weight is 267 g/mol. The van der Waals surface area contributed by atoms with Gasteiger partial charge in [-0.15, -0.1) is 0 Å². The summed E-state index contributed by atoms with van der Waals surface area (Å²) in [5.41, 5.74) is 1.28. The zero-order chi connectivity index (χ0) is 13.4. The lowest BCUT2D eigenvalue weighted by atomic mass is 10.2. The fraction of sp³-hybridized carbons (Fsp3) is 0.643. The van der Waals surface area contributed by atoms with Crippen molar-refractivity contribution in [1.29, 1.82) is 0 Å². The highest BCUT2D eigenvalue weighted by molar-refractivity contribution is 7.98. The van der Waals surface area contributed by atoms with Gasteiger partial charge in [-0.2, -0.15) is 11.8 Å². The summed E-state index contributed by atoms with van der Waals surface area (Å²) in [7, 11) is 2.13. The number of nitrogens with zero attached hydrogens (tertiary/aromatic N) is 2. The van der Waals surface area contributed by atoms with Gasteiger partial charge >= 0.3 is 0 Å². The Morgan fingerprint density at radius 2 is 2.28 bits per heavy atom. The van der Waals surface area contributed by atoms with Crippen LogP contribution in [0.4, 0.5) is 5.82 Å². The number of rotatable bonds is 8. The summed E-state index contributed by atoms with van der Waals surface area (Å²) in [4.78, 5) is 6.81. The first-order valence-corrected chi connectivity index (χ1v) is 7.96. The lowest BCUT2D eigenvalue weighted by Gasteiger charge is -2.27. The molecule has 0 aliphatic rings. The van der Waals surface area contributed by atoms with Crippen molar-refractivity contribution >= 4 is 17.6 Å². The predicted molar refractivity (Wildman–Crippen MR) is 82.5 cm³/mol. The topological polar surface area (TPSA) is 28.2 Å². The molecule has 102 valence electrons. The lowest BCUT2D eigenvalue weighted by Crippen LogP contribution is -2.33. The number of anilines is 1. The summed E-state index contributed by atoms with van der Waals surface area (Å²) in [5, 5.41) is 3.45. The third kappa shape index (κ3) is 4.50. The van der Waals surface area contributed by atoms with Crippen LogP contribution < -0.4 is 10.2 Å². The zero-order valence-electron chi connectivity index (χ0n) is 11.9. The molecule has 0 radical (unpaired) electrons. The first-order chi connectivity index (χ1) is 8.70. The molecule has 18 heavy (non-hydrogen) atoms. The number of nitrogens with one attached hydrogen (secondary N) is 1. The van der Waals surface area contributed by atoms with E-state index in [1.54, 1.807) is 0 Å². The molecular formula is C14H25N3S. The van der Waals surface area contributed by atoms with Crippen LogP contribution in [0.15, 0.2) is 18.3 Å². The van der Waals surface area contributed by atoms with E-state index in [9.17, 15) is 0 Å². The molecule has 0 aliphatic heterocycles. The zero-order valence-corrected chi connectivity index (χ0v) is 12.8. The van der Waals surface area contributed by atoms with Crippen LogP contribution in [0.1, 0.15) is 25.8 Å². The fourth-order valence-electron chi connectivity index (χ4n) is 1.85. The maximum atomic E-state index is 4.54. The van der Waals surface area contributed by atoms with Crippen LogP contribution in [0.25, 0.3) is 0 Å². The number of aromatic nitrogens is 1.